The van der Waals surface area contributed by atoms with Gasteiger partial charge in [0, 0.05) is 36.5 Å². The van der Waals surface area contributed by atoms with Crippen molar-refractivity contribution in [3.05, 3.63) is 71.2 Å². The van der Waals surface area contributed by atoms with Gasteiger partial charge in [-0.15, -0.1) is 0 Å². The second-order valence-electron chi connectivity index (χ2n) is 7.26. The molecule has 0 saturated heterocycles. The number of nitrogens with zero attached hydrogens (tertiary/aromatic N) is 3. The zero-order valence-electron chi connectivity index (χ0n) is 17.1. The van der Waals surface area contributed by atoms with E-state index < -0.39 is 0 Å². The molecule has 0 radical (unpaired) electrons. The Hall–Kier alpha value is -2.70. The standard InChI is InChI=1S/C23H28N4O2/c1-3-29-16-18-13-17(10-11-22(18)28-2)14-25-20-7-6-8-21-19(20)15-26-27(21)23-9-4-5-12-24-23/h4-5,9-13,15,20,25H,3,6-8,14,16H2,1-2H3/t20-/m0/s1. The van der Waals surface area contributed by atoms with Crippen molar-refractivity contribution in [1.82, 2.24) is 20.1 Å². The molecule has 1 aliphatic rings. The summed E-state index contributed by atoms with van der Waals surface area (Å²) >= 11 is 0. The molecule has 1 atom stereocenters. The molecule has 2 aromatic heterocycles. The summed E-state index contributed by atoms with van der Waals surface area (Å²) in [6, 6.07) is 12.5. The number of rotatable bonds is 8. The SMILES string of the molecule is CCOCc1cc(CN[C@H]2CCCc3c2cnn3-c2ccccn2)ccc1OC. The Morgan fingerprint density at radius 2 is 2.17 bits per heavy atom. The molecule has 1 N–H and O–H groups in total. The largest absolute Gasteiger partial charge is 0.496 e. The topological polar surface area (TPSA) is 61.2 Å². The van der Waals surface area contributed by atoms with Gasteiger partial charge in [-0.2, -0.15) is 5.10 Å². The molecule has 0 fully saturated rings. The number of ether oxygens (including phenoxy) is 2. The molecule has 6 heteroatoms. The van der Waals surface area contributed by atoms with Gasteiger partial charge in [0.2, 0.25) is 0 Å². The lowest BCUT2D eigenvalue weighted by atomic mass is 9.92. The van der Waals surface area contributed by atoms with Gasteiger partial charge in [-0.3, -0.25) is 0 Å². The number of benzene rings is 1. The third-order valence-corrected chi connectivity index (χ3v) is 5.41. The summed E-state index contributed by atoms with van der Waals surface area (Å²) in [5.41, 5.74) is 4.86. The quantitative estimate of drug-likeness (QED) is 0.628. The summed E-state index contributed by atoms with van der Waals surface area (Å²) in [4.78, 5) is 4.45. The number of pyridine rings is 1. The molecule has 1 aliphatic carbocycles. The molecular weight excluding hydrogens is 364 g/mol. The molecule has 2 heterocycles. The average Bonchev–Trinajstić information content (AvgIpc) is 3.21. The van der Waals surface area contributed by atoms with Gasteiger partial charge in [-0.05, 0) is 56.0 Å². The van der Waals surface area contributed by atoms with Crippen molar-refractivity contribution in [2.24, 2.45) is 0 Å². The maximum Gasteiger partial charge on any atom is 0.153 e. The van der Waals surface area contributed by atoms with Crippen LogP contribution in [-0.2, 0) is 24.3 Å². The highest BCUT2D eigenvalue weighted by atomic mass is 16.5. The summed E-state index contributed by atoms with van der Waals surface area (Å²) in [7, 11) is 1.70. The van der Waals surface area contributed by atoms with Crippen molar-refractivity contribution in [3.8, 4) is 11.6 Å². The van der Waals surface area contributed by atoms with Crippen LogP contribution >= 0.6 is 0 Å². The number of hydrogen-bond acceptors (Lipinski definition) is 5. The Balaban J connectivity index is 1.49. The fraction of sp³-hybridized carbons (Fsp3) is 0.391. The second-order valence-corrected chi connectivity index (χ2v) is 7.26. The first-order chi connectivity index (χ1) is 14.3. The zero-order valence-corrected chi connectivity index (χ0v) is 17.1. The molecule has 4 rings (SSSR count). The van der Waals surface area contributed by atoms with E-state index in [0.29, 0.717) is 19.3 Å². The first-order valence-electron chi connectivity index (χ1n) is 10.2. The average molecular weight is 393 g/mol. The first-order valence-corrected chi connectivity index (χ1v) is 10.2. The van der Waals surface area contributed by atoms with Gasteiger partial charge in [-0.1, -0.05) is 12.1 Å². The Labute approximate surface area is 171 Å². The molecule has 29 heavy (non-hydrogen) atoms. The van der Waals surface area contributed by atoms with E-state index in [1.54, 1.807) is 7.11 Å². The van der Waals surface area contributed by atoms with Gasteiger partial charge in [0.1, 0.15) is 5.75 Å². The summed E-state index contributed by atoms with van der Waals surface area (Å²) < 4.78 is 13.0. The summed E-state index contributed by atoms with van der Waals surface area (Å²) in [5.74, 6) is 1.75. The molecule has 0 spiro atoms. The number of nitrogens with one attached hydrogen (secondary N) is 1. The molecular formula is C23H28N4O2. The van der Waals surface area contributed by atoms with E-state index in [1.165, 1.54) is 16.8 Å². The van der Waals surface area contributed by atoms with Crippen LogP contribution in [0, 0.1) is 0 Å². The number of methoxy groups -OCH3 is 1. The third kappa shape index (κ3) is 4.33. The van der Waals surface area contributed by atoms with Crippen LogP contribution in [0.1, 0.15) is 48.2 Å². The minimum absolute atomic E-state index is 0.300. The Morgan fingerprint density at radius 1 is 1.24 bits per heavy atom. The minimum Gasteiger partial charge on any atom is -0.496 e. The Morgan fingerprint density at radius 3 is 2.97 bits per heavy atom. The van der Waals surface area contributed by atoms with Crippen LogP contribution in [0.25, 0.3) is 5.82 Å². The Bertz CT molecular complexity index is 939. The fourth-order valence-electron chi connectivity index (χ4n) is 3.95. The Kier molecular flexibility index (Phi) is 6.22. The molecule has 0 aliphatic heterocycles. The van der Waals surface area contributed by atoms with E-state index >= 15 is 0 Å². The van der Waals surface area contributed by atoms with E-state index in [1.807, 2.05) is 48.3 Å². The van der Waals surface area contributed by atoms with Crippen LogP contribution in [0.5, 0.6) is 5.75 Å². The van der Waals surface area contributed by atoms with Crippen molar-refractivity contribution in [2.75, 3.05) is 13.7 Å². The van der Waals surface area contributed by atoms with Gasteiger partial charge in [0.25, 0.3) is 0 Å². The molecule has 0 unspecified atom stereocenters. The number of fused-ring (bicyclic) bond motifs is 1. The highest BCUT2D eigenvalue weighted by Crippen LogP contribution is 2.31. The van der Waals surface area contributed by atoms with Crippen molar-refractivity contribution >= 4 is 0 Å². The molecule has 0 saturated carbocycles. The molecule has 1 aromatic carbocycles. The zero-order chi connectivity index (χ0) is 20.1. The molecule has 0 bridgehead atoms. The lowest BCUT2D eigenvalue weighted by molar-refractivity contribution is 0.132. The van der Waals surface area contributed by atoms with Gasteiger partial charge in [0.05, 0.1) is 25.6 Å². The number of aromatic nitrogens is 3. The lowest BCUT2D eigenvalue weighted by Gasteiger charge is -2.24. The fourth-order valence-corrected chi connectivity index (χ4v) is 3.95. The van der Waals surface area contributed by atoms with Gasteiger partial charge in [-0.25, -0.2) is 9.67 Å². The van der Waals surface area contributed by atoms with Crippen LogP contribution in [0.4, 0.5) is 0 Å². The predicted octanol–water partition coefficient (Wildman–Crippen LogP) is 3.98. The van der Waals surface area contributed by atoms with Gasteiger partial charge >= 0.3 is 0 Å². The maximum atomic E-state index is 5.59. The van der Waals surface area contributed by atoms with E-state index in [4.69, 9.17) is 9.47 Å². The van der Waals surface area contributed by atoms with Crippen molar-refractivity contribution in [3.63, 3.8) is 0 Å². The molecule has 3 aromatic rings. The van der Waals surface area contributed by atoms with Crippen molar-refractivity contribution in [2.45, 2.75) is 45.4 Å². The smallest absolute Gasteiger partial charge is 0.153 e. The van der Waals surface area contributed by atoms with Gasteiger partial charge < -0.3 is 14.8 Å². The van der Waals surface area contributed by atoms with E-state index in [9.17, 15) is 0 Å². The van der Waals surface area contributed by atoms with E-state index in [-0.39, 0.29) is 0 Å². The molecule has 152 valence electrons. The number of hydrogen-bond donors (Lipinski definition) is 1. The van der Waals surface area contributed by atoms with Crippen LogP contribution in [-0.4, -0.2) is 28.5 Å². The molecule has 0 amide bonds. The summed E-state index contributed by atoms with van der Waals surface area (Å²) in [6.45, 7) is 4.06. The minimum atomic E-state index is 0.300. The predicted molar refractivity (Wildman–Crippen MR) is 112 cm³/mol. The van der Waals surface area contributed by atoms with Crippen LogP contribution in [0.2, 0.25) is 0 Å². The van der Waals surface area contributed by atoms with Crippen LogP contribution in [0.3, 0.4) is 0 Å². The van der Waals surface area contributed by atoms with E-state index in [2.05, 4.69) is 27.5 Å². The van der Waals surface area contributed by atoms with Crippen LogP contribution < -0.4 is 10.1 Å². The summed E-state index contributed by atoms with van der Waals surface area (Å²) in [6.07, 6.45) is 7.09. The van der Waals surface area contributed by atoms with Crippen LogP contribution in [0.15, 0.2) is 48.8 Å². The monoisotopic (exact) mass is 392 g/mol. The van der Waals surface area contributed by atoms with E-state index in [0.717, 1.165) is 42.9 Å². The first kappa shape index (κ1) is 19.6. The third-order valence-electron chi connectivity index (χ3n) is 5.41. The van der Waals surface area contributed by atoms with Gasteiger partial charge in [0.15, 0.2) is 5.82 Å². The molecule has 6 nitrogen and oxygen atoms in total. The van der Waals surface area contributed by atoms with Crippen molar-refractivity contribution in [1.29, 1.82) is 0 Å². The highest BCUT2D eigenvalue weighted by Gasteiger charge is 2.24. The highest BCUT2D eigenvalue weighted by molar-refractivity contribution is 5.37. The lowest BCUT2D eigenvalue weighted by Crippen LogP contribution is -2.25. The second kappa shape index (κ2) is 9.20. The summed E-state index contributed by atoms with van der Waals surface area (Å²) in [5, 5.41) is 8.35. The normalized spacial score (nSPS) is 15.9. The maximum absolute atomic E-state index is 5.59. The van der Waals surface area contributed by atoms with Crippen molar-refractivity contribution < 1.29 is 9.47 Å².